The van der Waals surface area contributed by atoms with E-state index in [1.54, 1.807) is 17.9 Å². The van der Waals surface area contributed by atoms with Crippen LogP contribution in [0.4, 0.5) is 0 Å². The van der Waals surface area contributed by atoms with E-state index in [0.29, 0.717) is 42.6 Å². The maximum atomic E-state index is 12.6. The van der Waals surface area contributed by atoms with E-state index in [1.165, 1.54) is 10.6 Å². The van der Waals surface area contributed by atoms with Crippen molar-refractivity contribution in [1.82, 2.24) is 9.21 Å². The van der Waals surface area contributed by atoms with Gasteiger partial charge in [-0.3, -0.25) is 4.79 Å². The number of carbonyl (C=O) groups is 1. The molecule has 0 radical (unpaired) electrons. The van der Waals surface area contributed by atoms with Crippen molar-refractivity contribution in [2.24, 2.45) is 5.92 Å². The van der Waals surface area contributed by atoms with Crippen molar-refractivity contribution in [2.75, 3.05) is 25.9 Å². The number of amides is 1. The summed E-state index contributed by atoms with van der Waals surface area (Å²) in [6.07, 6.45) is 2.09. The monoisotopic (exact) mass is 312 g/mol. The number of sulfonamides is 1. The number of fused-ring (bicyclic) bond motifs is 1. The largest absolute Gasteiger partial charge is 0.466 e. The van der Waals surface area contributed by atoms with E-state index in [0.717, 1.165) is 6.42 Å². The van der Waals surface area contributed by atoms with Crippen LogP contribution in [0.25, 0.3) is 0 Å². The molecule has 21 heavy (non-hydrogen) atoms. The van der Waals surface area contributed by atoms with Crippen LogP contribution >= 0.6 is 0 Å². The van der Waals surface area contributed by atoms with E-state index in [9.17, 15) is 13.2 Å². The highest BCUT2D eigenvalue weighted by Gasteiger charge is 2.47. The lowest BCUT2D eigenvalue weighted by molar-refractivity contribution is 0.0140. The van der Waals surface area contributed by atoms with E-state index >= 15 is 0 Å². The van der Waals surface area contributed by atoms with Crippen LogP contribution in [-0.2, 0) is 10.0 Å². The molecule has 0 unspecified atom stereocenters. The van der Waals surface area contributed by atoms with E-state index in [-0.39, 0.29) is 11.9 Å². The standard InChI is InChI=1S/C14H20N2O4S/c1-9-6-12(10(2)20-9)14(17)15-5-4-11-7-16(13(11)8-15)21(3,18)19/h6,11,13H,4-5,7-8H2,1-3H3/t11-,13-/m1/s1. The van der Waals surface area contributed by atoms with Gasteiger partial charge in [0.1, 0.15) is 11.5 Å². The zero-order valence-corrected chi connectivity index (χ0v) is 13.3. The van der Waals surface area contributed by atoms with Crippen LogP contribution < -0.4 is 0 Å². The normalized spacial score (nSPS) is 26.3. The Morgan fingerprint density at radius 1 is 1.33 bits per heavy atom. The fraction of sp³-hybridized carbons (Fsp3) is 0.643. The molecule has 1 amide bonds. The number of furan rings is 1. The molecule has 0 aromatic carbocycles. The van der Waals surface area contributed by atoms with Crippen molar-refractivity contribution in [3.63, 3.8) is 0 Å². The first-order valence-electron chi connectivity index (χ1n) is 7.10. The lowest BCUT2D eigenvalue weighted by Crippen LogP contribution is -2.65. The molecule has 3 rings (SSSR count). The summed E-state index contributed by atoms with van der Waals surface area (Å²) in [6.45, 7) is 5.34. The summed E-state index contributed by atoms with van der Waals surface area (Å²) in [7, 11) is -3.18. The van der Waals surface area contributed by atoms with E-state index in [4.69, 9.17) is 4.42 Å². The Morgan fingerprint density at radius 3 is 2.62 bits per heavy atom. The van der Waals surface area contributed by atoms with Crippen molar-refractivity contribution in [2.45, 2.75) is 26.3 Å². The predicted molar refractivity (Wildman–Crippen MR) is 77.5 cm³/mol. The Hall–Kier alpha value is -1.34. The van der Waals surface area contributed by atoms with Gasteiger partial charge in [0.25, 0.3) is 5.91 Å². The highest BCUT2D eigenvalue weighted by molar-refractivity contribution is 7.88. The quantitative estimate of drug-likeness (QED) is 0.817. The molecule has 2 atom stereocenters. The molecule has 7 heteroatoms. The highest BCUT2D eigenvalue weighted by atomic mass is 32.2. The summed E-state index contributed by atoms with van der Waals surface area (Å²) < 4.78 is 30.3. The molecule has 0 bridgehead atoms. The van der Waals surface area contributed by atoms with Gasteiger partial charge in [0.2, 0.25) is 10.0 Å². The zero-order chi connectivity index (χ0) is 15.4. The minimum absolute atomic E-state index is 0.0639. The van der Waals surface area contributed by atoms with Gasteiger partial charge < -0.3 is 9.32 Å². The molecule has 1 aromatic heterocycles. The molecule has 2 aliphatic heterocycles. The minimum Gasteiger partial charge on any atom is -0.466 e. The van der Waals surface area contributed by atoms with E-state index in [1.807, 2.05) is 6.92 Å². The SMILES string of the molecule is Cc1cc(C(=O)N2CC[C@@H]3CN(S(C)(=O)=O)[C@@H]3C2)c(C)o1. The number of hydrogen-bond acceptors (Lipinski definition) is 4. The molecule has 116 valence electrons. The van der Waals surface area contributed by atoms with Crippen LogP contribution in [0.3, 0.4) is 0 Å². The zero-order valence-electron chi connectivity index (χ0n) is 12.5. The molecule has 2 fully saturated rings. The van der Waals surface area contributed by atoms with E-state index < -0.39 is 10.0 Å². The molecule has 0 saturated carbocycles. The lowest BCUT2D eigenvalue weighted by atomic mass is 9.84. The number of nitrogens with zero attached hydrogens (tertiary/aromatic N) is 2. The summed E-state index contributed by atoms with van der Waals surface area (Å²) in [6, 6.07) is 1.68. The van der Waals surface area contributed by atoms with Crippen molar-refractivity contribution in [3.8, 4) is 0 Å². The van der Waals surface area contributed by atoms with Gasteiger partial charge in [0, 0.05) is 25.7 Å². The second kappa shape index (κ2) is 4.84. The third-order valence-electron chi connectivity index (χ3n) is 4.49. The van der Waals surface area contributed by atoms with Gasteiger partial charge >= 0.3 is 0 Å². The molecule has 3 heterocycles. The van der Waals surface area contributed by atoms with Crippen LogP contribution in [0.1, 0.15) is 28.3 Å². The third-order valence-corrected chi connectivity index (χ3v) is 5.76. The number of likely N-dealkylation sites (tertiary alicyclic amines) is 1. The topological polar surface area (TPSA) is 70.8 Å². The van der Waals surface area contributed by atoms with Gasteiger partial charge in [-0.2, -0.15) is 4.31 Å². The summed E-state index contributed by atoms with van der Waals surface area (Å²) >= 11 is 0. The van der Waals surface area contributed by atoms with Crippen LogP contribution in [0, 0.1) is 19.8 Å². The maximum Gasteiger partial charge on any atom is 0.257 e. The Morgan fingerprint density at radius 2 is 2.05 bits per heavy atom. The minimum atomic E-state index is -3.18. The summed E-state index contributed by atoms with van der Waals surface area (Å²) in [4.78, 5) is 14.3. The van der Waals surface area contributed by atoms with Gasteiger partial charge in [-0.05, 0) is 32.3 Å². The first-order valence-corrected chi connectivity index (χ1v) is 8.95. The number of rotatable bonds is 2. The Kier molecular flexibility index (Phi) is 3.37. The molecule has 0 spiro atoms. The van der Waals surface area contributed by atoms with Gasteiger partial charge in [-0.1, -0.05) is 0 Å². The fourth-order valence-electron chi connectivity index (χ4n) is 3.33. The number of aryl methyl sites for hydroxylation is 2. The third kappa shape index (κ3) is 2.48. The van der Waals surface area contributed by atoms with Crippen LogP contribution in [0.15, 0.2) is 10.5 Å². The van der Waals surface area contributed by atoms with Crippen molar-refractivity contribution >= 4 is 15.9 Å². The molecule has 1 aromatic rings. The van der Waals surface area contributed by atoms with Crippen molar-refractivity contribution in [3.05, 3.63) is 23.2 Å². The van der Waals surface area contributed by atoms with Crippen LogP contribution in [-0.4, -0.2) is 55.5 Å². The Bertz CT molecular complexity index is 679. The fourth-order valence-corrected chi connectivity index (χ4v) is 4.52. The van der Waals surface area contributed by atoms with Crippen LogP contribution in [0.2, 0.25) is 0 Å². The summed E-state index contributed by atoms with van der Waals surface area (Å²) in [5, 5.41) is 0. The maximum absolute atomic E-state index is 12.6. The van der Waals surface area contributed by atoms with Crippen LogP contribution in [0.5, 0.6) is 0 Å². The first-order chi connectivity index (χ1) is 9.77. The van der Waals surface area contributed by atoms with Crippen molar-refractivity contribution < 1.29 is 17.6 Å². The summed E-state index contributed by atoms with van der Waals surface area (Å²) in [5.74, 6) is 1.65. The molecule has 2 aliphatic rings. The molecular weight excluding hydrogens is 292 g/mol. The highest BCUT2D eigenvalue weighted by Crippen LogP contribution is 2.35. The summed E-state index contributed by atoms with van der Waals surface area (Å²) in [5.41, 5.74) is 0.580. The number of piperidine rings is 1. The Labute approximate surface area is 124 Å². The average Bonchev–Trinajstić information content (AvgIpc) is 2.67. The smallest absolute Gasteiger partial charge is 0.257 e. The first kappa shape index (κ1) is 14.6. The predicted octanol–water partition coefficient (Wildman–Crippen LogP) is 1.00. The Balaban J connectivity index is 1.76. The molecule has 6 nitrogen and oxygen atoms in total. The molecule has 0 aliphatic carbocycles. The van der Waals surface area contributed by atoms with Gasteiger partial charge in [-0.15, -0.1) is 0 Å². The van der Waals surface area contributed by atoms with Crippen molar-refractivity contribution in [1.29, 1.82) is 0 Å². The van der Waals surface area contributed by atoms with Gasteiger partial charge in [0.05, 0.1) is 11.8 Å². The molecule has 0 N–H and O–H groups in total. The second-order valence-corrected chi connectivity index (χ2v) is 7.96. The molecule has 2 saturated heterocycles. The second-order valence-electron chi connectivity index (χ2n) is 6.03. The van der Waals surface area contributed by atoms with E-state index in [2.05, 4.69) is 0 Å². The number of carbonyl (C=O) groups excluding carboxylic acids is 1. The van der Waals surface area contributed by atoms with Gasteiger partial charge in [-0.25, -0.2) is 8.42 Å². The number of hydrogen-bond donors (Lipinski definition) is 0. The lowest BCUT2D eigenvalue weighted by Gasteiger charge is -2.51. The molecular formula is C14H20N2O4S. The van der Waals surface area contributed by atoms with Gasteiger partial charge in [0.15, 0.2) is 0 Å². The average molecular weight is 312 g/mol.